The fraction of sp³-hybridized carbons (Fsp3) is 0.296. The van der Waals surface area contributed by atoms with E-state index >= 15 is 0 Å². The summed E-state index contributed by atoms with van der Waals surface area (Å²) in [6.07, 6.45) is 8.83. The molecule has 0 saturated carbocycles. The van der Waals surface area contributed by atoms with Crippen molar-refractivity contribution in [3.8, 4) is 11.1 Å². The van der Waals surface area contributed by atoms with Crippen LogP contribution in [0.15, 0.2) is 53.8 Å². The zero-order chi connectivity index (χ0) is 25.5. The molecule has 4 heterocycles. The Balaban J connectivity index is 1.40. The molecule has 0 spiro atoms. The quantitative estimate of drug-likeness (QED) is 0.435. The average Bonchev–Trinajstić information content (AvgIpc) is 3.31. The first-order valence-electron chi connectivity index (χ1n) is 12.4. The van der Waals surface area contributed by atoms with E-state index in [-0.39, 0.29) is 18.1 Å². The number of nitrogens with one attached hydrogen (secondary N) is 1. The van der Waals surface area contributed by atoms with Crippen LogP contribution in [0.2, 0.25) is 0 Å². The molecule has 2 aliphatic rings. The van der Waals surface area contributed by atoms with Crippen molar-refractivity contribution < 1.29 is 9.90 Å². The number of rotatable bonds is 5. The number of aryl methyl sites for hydroxylation is 2. The van der Waals surface area contributed by atoms with Gasteiger partial charge in [0, 0.05) is 49.4 Å². The third kappa shape index (κ3) is 3.99. The number of carbonyl (C=O) groups is 1. The smallest absolute Gasteiger partial charge is 0.294 e. The van der Waals surface area contributed by atoms with Gasteiger partial charge < -0.3 is 24.5 Å². The summed E-state index contributed by atoms with van der Waals surface area (Å²) < 4.78 is 3.56. The number of aliphatic hydroxyl groups excluding tert-OH is 1. The zero-order valence-corrected chi connectivity index (χ0v) is 20.5. The Morgan fingerprint density at radius 3 is 2.78 bits per heavy atom. The van der Waals surface area contributed by atoms with Gasteiger partial charge in [-0.05, 0) is 49.4 Å². The van der Waals surface area contributed by atoms with E-state index in [1.54, 1.807) is 36.5 Å². The Labute approximate surface area is 213 Å². The average molecular weight is 498 g/mol. The molecular weight excluding hydrogens is 470 g/mol. The lowest BCUT2D eigenvalue weighted by molar-refractivity contribution is 0.0958. The Bertz CT molecular complexity index is 1560. The van der Waals surface area contributed by atoms with Gasteiger partial charge in [-0.15, -0.1) is 0 Å². The second kappa shape index (κ2) is 9.29. The largest absolute Gasteiger partial charge is 0.392 e. The minimum absolute atomic E-state index is 0.154. The molecule has 1 aromatic carbocycles. The topological polar surface area (TPSA) is 118 Å². The number of anilines is 3. The summed E-state index contributed by atoms with van der Waals surface area (Å²) >= 11 is 0. The first-order valence-corrected chi connectivity index (χ1v) is 12.4. The molecule has 0 radical (unpaired) electrons. The monoisotopic (exact) mass is 497 g/mol. The van der Waals surface area contributed by atoms with Crippen molar-refractivity contribution in [3.63, 3.8) is 0 Å². The molecule has 0 fully saturated rings. The van der Waals surface area contributed by atoms with Gasteiger partial charge in [-0.1, -0.05) is 12.1 Å². The van der Waals surface area contributed by atoms with E-state index in [4.69, 9.17) is 4.98 Å². The predicted molar refractivity (Wildman–Crippen MR) is 139 cm³/mol. The maximum atomic E-state index is 13.6. The number of fused-ring (bicyclic) bond motifs is 3. The Hall–Kier alpha value is -4.31. The number of carbonyl (C=O) groups excluding carboxylic acids is 1. The summed E-state index contributed by atoms with van der Waals surface area (Å²) in [5, 5.41) is 13.5. The van der Waals surface area contributed by atoms with Crippen molar-refractivity contribution in [2.75, 3.05) is 16.8 Å². The van der Waals surface area contributed by atoms with Crippen LogP contribution < -0.4 is 15.8 Å². The molecule has 1 aliphatic carbocycles. The molecule has 0 bridgehead atoms. The second-order valence-electron chi connectivity index (χ2n) is 9.38. The molecule has 0 atom stereocenters. The highest BCUT2D eigenvalue weighted by atomic mass is 16.3. The Morgan fingerprint density at radius 2 is 1.97 bits per heavy atom. The minimum Gasteiger partial charge on any atom is -0.392 e. The summed E-state index contributed by atoms with van der Waals surface area (Å²) in [4.78, 5) is 40.9. The second-order valence-corrected chi connectivity index (χ2v) is 9.38. The fourth-order valence-corrected chi connectivity index (χ4v) is 5.37. The lowest BCUT2D eigenvalue weighted by Gasteiger charge is -2.30. The molecule has 1 amide bonds. The van der Waals surface area contributed by atoms with Gasteiger partial charge in [-0.25, -0.2) is 15.0 Å². The van der Waals surface area contributed by atoms with Crippen LogP contribution in [0.1, 0.15) is 40.4 Å². The third-order valence-electron chi connectivity index (χ3n) is 7.16. The summed E-state index contributed by atoms with van der Waals surface area (Å²) in [6, 6.07) is 9.02. The van der Waals surface area contributed by atoms with E-state index in [1.165, 1.54) is 16.6 Å². The van der Waals surface area contributed by atoms with E-state index in [0.717, 1.165) is 42.5 Å². The lowest BCUT2D eigenvalue weighted by Crippen LogP contribution is -2.41. The molecule has 2 N–H and O–H groups in total. The molecule has 4 aromatic rings. The number of imidazole rings is 1. The van der Waals surface area contributed by atoms with Crippen LogP contribution in [0.4, 0.5) is 17.2 Å². The fourth-order valence-electron chi connectivity index (χ4n) is 5.37. The van der Waals surface area contributed by atoms with Crippen LogP contribution in [-0.4, -0.2) is 41.6 Å². The highest BCUT2D eigenvalue weighted by Crippen LogP contribution is 2.35. The molecule has 6 rings (SSSR count). The number of pyridine rings is 1. The van der Waals surface area contributed by atoms with Gasteiger partial charge in [-0.3, -0.25) is 9.59 Å². The number of aliphatic hydroxyl groups is 1. The summed E-state index contributed by atoms with van der Waals surface area (Å²) in [5.41, 5.74) is 5.10. The van der Waals surface area contributed by atoms with Gasteiger partial charge in [0.15, 0.2) is 5.82 Å². The van der Waals surface area contributed by atoms with E-state index in [9.17, 15) is 14.7 Å². The van der Waals surface area contributed by atoms with Gasteiger partial charge in [0.1, 0.15) is 17.8 Å². The molecule has 0 saturated heterocycles. The number of nitrogens with zero attached hydrogens (tertiary/aromatic N) is 6. The van der Waals surface area contributed by atoms with Crippen LogP contribution in [-0.2, 0) is 33.0 Å². The first-order chi connectivity index (χ1) is 18.0. The van der Waals surface area contributed by atoms with Gasteiger partial charge in [0.2, 0.25) is 0 Å². The van der Waals surface area contributed by atoms with Crippen LogP contribution >= 0.6 is 0 Å². The van der Waals surface area contributed by atoms with Crippen molar-refractivity contribution >= 4 is 23.1 Å². The van der Waals surface area contributed by atoms with Gasteiger partial charge >= 0.3 is 0 Å². The van der Waals surface area contributed by atoms with Gasteiger partial charge in [-0.2, -0.15) is 0 Å². The Kier molecular flexibility index (Phi) is 5.80. The summed E-state index contributed by atoms with van der Waals surface area (Å²) in [7, 11) is 1.68. The molecule has 188 valence electrons. The van der Waals surface area contributed by atoms with Crippen molar-refractivity contribution in [2.45, 2.75) is 38.8 Å². The summed E-state index contributed by atoms with van der Waals surface area (Å²) in [6.45, 7) is 0.905. The zero-order valence-electron chi connectivity index (χ0n) is 20.5. The standard InChI is InChI=1S/C27H27N7O3/c1-32-14-17(13-21(26(32)36)30-24-9-10-28-16-29-24)18-5-4-8-22(19(18)15-35)34-12-11-33-23-7-3-2-6-20(23)31-25(33)27(34)37/h4-5,8-10,13-14,16,35H,2-3,6-7,11-12,15H2,1H3,(H,28,29,30). The first kappa shape index (κ1) is 23.1. The third-order valence-corrected chi connectivity index (χ3v) is 7.16. The van der Waals surface area contributed by atoms with Crippen molar-refractivity contribution in [2.24, 2.45) is 7.05 Å². The number of hydrogen-bond donors (Lipinski definition) is 2. The number of aromatic nitrogens is 5. The van der Waals surface area contributed by atoms with Crippen molar-refractivity contribution in [3.05, 3.63) is 82.2 Å². The lowest BCUT2D eigenvalue weighted by atomic mass is 9.98. The summed E-state index contributed by atoms with van der Waals surface area (Å²) in [5.74, 6) is 0.822. The maximum Gasteiger partial charge on any atom is 0.294 e. The number of amides is 1. The predicted octanol–water partition coefficient (Wildman–Crippen LogP) is 2.81. The van der Waals surface area contributed by atoms with Crippen LogP contribution in [0, 0.1) is 0 Å². The normalized spacial score (nSPS) is 14.9. The maximum absolute atomic E-state index is 13.6. The number of benzene rings is 1. The van der Waals surface area contributed by atoms with Crippen LogP contribution in [0.5, 0.6) is 0 Å². The molecule has 3 aromatic heterocycles. The molecule has 10 nitrogen and oxygen atoms in total. The van der Waals surface area contributed by atoms with Crippen molar-refractivity contribution in [1.29, 1.82) is 0 Å². The van der Waals surface area contributed by atoms with E-state index in [0.29, 0.717) is 41.7 Å². The molecular formula is C27H27N7O3. The highest BCUT2D eigenvalue weighted by Gasteiger charge is 2.33. The van der Waals surface area contributed by atoms with Crippen molar-refractivity contribution in [1.82, 2.24) is 24.1 Å². The highest BCUT2D eigenvalue weighted by molar-refractivity contribution is 6.05. The molecule has 37 heavy (non-hydrogen) atoms. The SMILES string of the molecule is Cn1cc(-c2cccc(N3CCn4c(nc5c4CCCC5)C3=O)c2CO)cc(Nc2ccncn2)c1=O. The number of hydrogen-bond acceptors (Lipinski definition) is 7. The van der Waals surface area contributed by atoms with Crippen LogP contribution in [0.3, 0.4) is 0 Å². The van der Waals surface area contributed by atoms with Gasteiger partial charge in [0.25, 0.3) is 11.5 Å². The molecule has 10 heteroatoms. The minimum atomic E-state index is -0.266. The molecule has 1 aliphatic heterocycles. The Morgan fingerprint density at radius 1 is 1.11 bits per heavy atom. The van der Waals surface area contributed by atoms with Crippen LogP contribution in [0.25, 0.3) is 11.1 Å². The molecule has 0 unspecified atom stereocenters. The van der Waals surface area contributed by atoms with Gasteiger partial charge in [0.05, 0.1) is 18.0 Å². The van der Waals surface area contributed by atoms with E-state index < -0.39 is 0 Å². The van der Waals surface area contributed by atoms with E-state index in [2.05, 4.69) is 19.9 Å². The van der Waals surface area contributed by atoms with E-state index in [1.807, 2.05) is 18.2 Å².